The normalized spacial score (nSPS) is 10.6. The molecule has 8 heteroatoms. The summed E-state index contributed by atoms with van der Waals surface area (Å²) in [7, 11) is 3.14. The van der Waals surface area contributed by atoms with Gasteiger partial charge in [0.25, 0.3) is 5.91 Å². The third-order valence-electron chi connectivity index (χ3n) is 4.14. The first-order chi connectivity index (χ1) is 13.1. The van der Waals surface area contributed by atoms with Crippen LogP contribution in [-0.4, -0.2) is 41.4 Å². The maximum Gasteiger partial charge on any atom is 0.257 e. The lowest BCUT2D eigenvalue weighted by Gasteiger charge is -2.09. The van der Waals surface area contributed by atoms with Crippen LogP contribution in [0.25, 0.3) is 11.3 Å². The average Bonchev–Trinajstić information content (AvgIpc) is 3.34. The highest BCUT2D eigenvalue weighted by molar-refractivity contribution is 6.00. The highest BCUT2D eigenvalue weighted by Crippen LogP contribution is 2.32. The van der Waals surface area contributed by atoms with E-state index in [1.807, 2.05) is 10.8 Å². The second kappa shape index (κ2) is 8.39. The lowest BCUT2D eigenvalue weighted by molar-refractivity contribution is 0.0952. The van der Waals surface area contributed by atoms with Crippen molar-refractivity contribution in [2.45, 2.75) is 19.9 Å². The fourth-order valence-electron chi connectivity index (χ4n) is 2.74. The number of methoxy groups -OCH3 is 2. The van der Waals surface area contributed by atoms with E-state index in [2.05, 4.69) is 15.5 Å². The molecule has 1 N–H and O–H groups in total. The largest absolute Gasteiger partial charge is 0.497 e. The number of aromatic nitrogens is 3. The predicted octanol–water partition coefficient (Wildman–Crippen LogP) is 2.68. The number of benzene rings is 1. The minimum atomic E-state index is -0.226. The summed E-state index contributed by atoms with van der Waals surface area (Å²) >= 11 is 0. The monoisotopic (exact) mass is 370 g/mol. The number of imidazole rings is 1. The molecule has 8 nitrogen and oxygen atoms in total. The molecule has 0 aliphatic rings. The molecule has 1 aromatic carbocycles. The van der Waals surface area contributed by atoms with Crippen LogP contribution in [0.5, 0.6) is 11.5 Å². The summed E-state index contributed by atoms with van der Waals surface area (Å²) in [6, 6.07) is 5.30. The van der Waals surface area contributed by atoms with Gasteiger partial charge in [0.05, 0.1) is 26.2 Å². The molecule has 3 rings (SSSR count). The summed E-state index contributed by atoms with van der Waals surface area (Å²) in [5, 5.41) is 6.88. The molecule has 2 heterocycles. The van der Waals surface area contributed by atoms with Crippen LogP contribution in [0.4, 0.5) is 0 Å². The van der Waals surface area contributed by atoms with Crippen molar-refractivity contribution in [2.24, 2.45) is 0 Å². The number of carbonyl (C=O) groups excluding carboxylic acids is 1. The highest BCUT2D eigenvalue weighted by Gasteiger charge is 2.22. The lowest BCUT2D eigenvalue weighted by Crippen LogP contribution is -2.26. The zero-order valence-corrected chi connectivity index (χ0v) is 15.6. The standard InChI is InChI=1S/C19H22N4O4/c1-13-17(19(24)21-5-4-7-23-8-6-20-12-23)18(27-22-13)14-9-15(25-2)11-16(10-14)26-3/h6,8-12H,4-5,7H2,1-3H3,(H,21,24). The van der Waals surface area contributed by atoms with Crippen LogP contribution in [-0.2, 0) is 6.54 Å². The van der Waals surface area contributed by atoms with E-state index >= 15 is 0 Å². The van der Waals surface area contributed by atoms with Crippen molar-refractivity contribution < 1.29 is 18.8 Å². The topological polar surface area (TPSA) is 91.4 Å². The van der Waals surface area contributed by atoms with E-state index in [4.69, 9.17) is 14.0 Å². The van der Waals surface area contributed by atoms with Crippen LogP contribution in [0.15, 0.2) is 41.4 Å². The van der Waals surface area contributed by atoms with Gasteiger partial charge in [-0.3, -0.25) is 4.79 Å². The molecule has 0 aliphatic heterocycles. The molecule has 0 saturated heterocycles. The number of ether oxygens (including phenoxy) is 2. The summed E-state index contributed by atoms with van der Waals surface area (Å²) in [6.45, 7) is 3.05. The van der Waals surface area contributed by atoms with Gasteiger partial charge in [-0.2, -0.15) is 0 Å². The number of nitrogens with zero attached hydrogens (tertiary/aromatic N) is 3. The van der Waals surface area contributed by atoms with Crippen molar-refractivity contribution in [3.05, 3.63) is 48.2 Å². The molecule has 142 valence electrons. The molecule has 1 amide bonds. The molecular formula is C19H22N4O4. The fraction of sp³-hybridized carbons (Fsp3) is 0.316. The highest BCUT2D eigenvalue weighted by atomic mass is 16.5. The molecule has 0 unspecified atom stereocenters. The number of hydrogen-bond donors (Lipinski definition) is 1. The zero-order valence-electron chi connectivity index (χ0n) is 15.6. The van der Waals surface area contributed by atoms with Crippen LogP contribution >= 0.6 is 0 Å². The molecule has 0 saturated carbocycles. The van der Waals surface area contributed by atoms with Crippen molar-refractivity contribution in [1.82, 2.24) is 20.0 Å². The Kier molecular flexibility index (Phi) is 5.75. The molecule has 0 bridgehead atoms. The van der Waals surface area contributed by atoms with Gasteiger partial charge in [-0.05, 0) is 25.5 Å². The van der Waals surface area contributed by atoms with Crippen molar-refractivity contribution in [1.29, 1.82) is 0 Å². The Morgan fingerprint density at radius 1 is 1.22 bits per heavy atom. The van der Waals surface area contributed by atoms with E-state index in [-0.39, 0.29) is 5.91 Å². The first kappa shape index (κ1) is 18.5. The number of carbonyl (C=O) groups is 1. The Morgan fingerprint density at radius 3 is 2.59 bits per heavy atom. The van der Waals surface area contributed by atoms with E-state index in [9.17, 15) is 4.79 Å². The second-order valence-corrected chi connectivity index (χ2v) is 5.98. The van der Waals surface area contributed by atoms with E-state index in [1.165, 1.54) is 0 Å². The molecule has 3 aromatic rings. The van der Waals surface area contributed by atoms with Gasteiger partial charge in [-0.15, -0.1) is 0 Å². The Bertz CT molecular complexity index is 880. The van der Waals surface area contributed by atoms with E-state index < -0.39 is 0 Å². The lowest BCUT2D eigenvalue weighted by atomic mass is 10.1. The number of rotatable bonds is 8. The Hall–Kier alpha value is -3.29. The van der Waals surface area contributed by atoms with E-state index in [1.54, 1.807) is 51.9 Å². The van der Waals surface area contributed by atoms with Gasteiger partial charge in [-0.1, -0.05) is 5.16 Å². The van der Waals surface area contributed by atoms with Gasteiger partial charge in [-0.25, -0.2) is 4.98 Å². The van der Waals surface area contributed by atoms with Crippen LogP contribution in [0, 0.1) is 6.92 Å². The Balaban J connectivity index is 1.75. The third-order valence-corrected chi connectivity index (χ3v) is 4.14. The molecule has 2 aromatic heterocycles. The van der Waals surface area contributed by atoms with Gasteiger partial charge >= 0.3 is 0 Å². The first-order valence-corrected chi connectivity index (χ1v) is 8.56. The molecule has 0 spiro atoms. The average molecular weight is 370 g/mol. The molecular weight excluding hydrogens is 348 g/mol. The van der Waals surface area contributed by atoms with Crippen molar-refractivity contribution in [3.8, 4) is 22.8 Å². The summed E-state index contributed by atoms with van der Waals surface area (Å²) in [4.78, 5) is 16.7. The summed E-state index contributed by atoms with van der Waals surface area (Å²) < 4.78 is 18.0. The van der Waals surface area contributed by atoms with Crippen molar-refractivity contribution in [3.63, 3.8) is 0 Å². The number of amides is 1. The quantitative estimate of drug-likeness (QED) is 0.613. The third kappa shape index (κ3) is 4.28. The summed E-state index contributed by atoms with van der Waals surface area (Å²) in [5.74, 6) is 1.36. The predicted molar refractivity (Wildman–Crippen MR) is 99.0 cm³/mol. The minimum Gasteiger partial charge on any atom is -0.497 e. The van der Waals surface area contributed by atoms with Crippen molar-refractivity contribution >= 4 is 5.91 Å². The van der Waals surface area contributed by atoms with Crippen LogP contribution < -0.4 is 14.8 Å². The number of aryl methyl sites for hydroxylation is 2. The molecule has 0 atom stereocenters. The smallest absolute Gasteiger partial charge is 0.257 e. The van der Waals surface area contributed by atoms with Gasteiger partial charge in [0.1, 0.15) is 17.1 Å². The van der Waals surface area contributed by atoms with Gasteiger partial charge in [0.2, 0.25) is 0 Å². The van der Waals surface area contributed by atoms with E-state index in [0.717, 1.165) is 13.0 Å². The first-order valence-electron chi connectivity index (χ1n) is 8.56. The molecule has 27 heavy (non-hydrogen) atoms. The van der Waals surface area contributed by atoms with Crippen LogP contribution in [0.3, 0.4) is 0 Å². The minimum absolute atomic E-state index is 0.226. The molecule has 0 fully saturated rings. The molecule has 0 aliphatic carbocycles. The van der Waals surface area contributed by atoms with Crippen LogP contribution in [0.1, 0.15) is 22.5 Å². The van der Waals surface area contributed by atoms with E-state index in [0.29, 0.717) is 40.6 Å². The van der Waals surface area contributed by atoms with Gasteiger partial charge in [0, 0.05) is 37.1 Å². The van der Waals surface area contributed by atoms with Gasteiger partial charge < -0.3 is 23.9 Å². The number of hydrogen-bond acceptors (Lipinski definition) is 6. The van der Waals surface area contributed by atoms with Crippen LogP contribution in [0.2, 0.25) is 0 Å². The zero-order chi connectivity index (χ0) is 19.2. The second-order valence-electron chi connectivity index (χ2n) is 5.98. The SMILES string of the molecule is COc1cc(OC)cc(-c2onc(C)c2C(=O)NCCCn2ccnc2)c1. The summed E-state index contributed by atoms with van der Waals surface area (Å²) in [6.07, 6.45) is 6.16. The van der Waals surface area contributed by atoms with Gasteiger partial charge in [0.15, 0.2) is 5.76 Å². The number of nitrogens with one attached hydrogen (secondary N) is 1. The summed E-state index contributed by atoms with van der Waals surface area (Å²) in [5.41, 5.74) is 1.60. The maximum atomic E-state index is 12.7. The molecule has 0 radical (unpaired) electrons. The van der Waals surface area contributed by atoms with Crippen molar-refractivity contribution in [2.75, 3.05) is 20.8 Å². The Labute approximate surface area is 157 Å². The maximum absolute atomic E-state index is 12.7. The fourth-order valence-corrected chi connectivity index (χ4v) is 2.74. The Morgan fingerprint density at radius 2 is 1.96 bits per heavy atom.